The quantitative estimate of drug-likeness (QED) is 0.694. The summed E-state index contributed by atoms with van der Waals surface area (Å²) in [5, 5.41) is 5.27. The maximum Gasteiger partial charge on any atom is 0.318 e. The van der Waals surface area contributed by atoms with Gasteiger partial charge >= 0.3 is 6.03 Å². The molecule has 2 amide bonds. The normalized spacial score (nSPS) is 22.7. The van der Waals surface area contributed by atoms with Crippen molar-refractivity contribution in [1.82, 2.24) is 19.6 Å². The molecule has 4 heterocycles. The van der Waals surface area contributed by atoms with E-state index >= 15 is 0 Å². The third kappa shape index (κ3) is 4.53. The highest BCUT2D eigenvalue weighted by Crippen LogP contribution is 2.35. The van der Waals surface area contributed by atoms with Crippen molar-refractivity contribution in [2.45, 2.75) is 38.0 Å². The number of benzene rings is 1. The number of urea groups is 1. The van der Waals surface area contributed by atoms with Gasteiger partial charge in [-0.1, -0.05) is 0 Å². The number of sulfonamides is 1. The number of hydrogen-bond donors (Lipinski definition) is 2. The highest BCUT2D eigenvalue weighted by atomic mass is 32.2. The van der Waals surface area contributed by atoms with Crippen LogP contribution in [0.2, 0.25) is 0 Å². The van der Waals surface area contributed by atoms with Crippen LogP contribution in [0.4, 0.5) is 16.3 Å². The molecule has 0 aliphatic carbocycles. The molecule has 5 rings (SSSR count). The van der Waals surface area contributed by atoms with Gasteiger partial charge in [0.25, 0.3) is 0 Å². The SMILES string of the molecule is CNC(=O)Nc1ccc(-c2nc3c(c(N4CC5CCC(C4)O5)n2)CN(S(C)(=O)=O)CC3)cc1. The third-order valence-electron chi connectivity index (χ3n) is 6.44. The number of carbonyl (C=O) groups excluding carboxylic acids is 1. The van der Waals surface area contributed by atoms with Gasteiger partial charge in [0.1, 0.15) is 5.82 Å². The Hall–Kier alpha value is -2.76. The molecule has 11 heteroatoms. The monoisotopic (exact) mass is 472 g/mol. The van der Waals surface area contributed by atoms with Gasteiger partial charge in [0.2, 0.25) is 10.0 Å². The summed E-state index contributed by atoms with van der Waals surface area (Å²) in [4.78, 5) is 23.6. The molecular formula is C22H28N6O4S. The van der Waals surface area contributed by atoms with Crippen molar-refractivity contribution in [2.75, 3.05) is 43.2 Å². The van der Waals surface area contributed by atoms with E-state index in [1.54, 1.807) is 7.05 Å². The van der Waals surface area contributed by atoms with E-state index in [2.05, 4.69) is 15.5 Å². The first kappa shape index (κ1) is 22.1. The van der Waals surface area contributed by atoms with Crippen molar-refractivity contribution >= 4 is 27.6 Å². The Labute approximate surface area is 193 Å². The number of ether oxygens (including phenoxy) is 1. The van der Waals surface area contributed by atoms with E-state index in [4.69, 9.17) is 14.7 Å². The number of anilines is 2. The zero-order chi connectivity index (χ0) is 23.2. The van der Waals surface area contributed by atoms with Gasteiger partial charge in [-0.2, -0.15) is 4.31 Å². The topological polar surface area (TPSA) is 117 Å². The number of hydrogen-bond acceptors (Lipinski definition) is 7. The Balaban J connectivity index is 1.52. The first-order chi connectivity index (χ1) is 15.8. The molecule has 2 fully saturated rings. The van der Waals surface area contributed by atoms with Crippen LogP contribution in [0.5, 0.6) is 0 Å². The molecular weight excluding hydrogens is 444 g/mol. The highest BCUT2D eigenvalue weighted by molar-refractivity contribution is 7.88. The van der Waals surface area contributed by atoms with Crippen LogP contribution >= 0.6 is 0 Å². The predicted octanol–water partition coefficient (Wildman–Crippen LogP) is 1.58. The molecule has 2 saturated heterocycles. The molecule has 1 aromatic heterocycles. The highest BCUT2D eigenvalue weighted by Gasteiger charge is 2.37. The van der Waals surface area contributed by atoms with Crippen molar-refractivity contribution in [1.29, 1.82) is 0 Å². The summed E-state index contributed by atoms with van der Waals surface area (Å²) in [5.74, 6) is 1.40. The minimum absolute atomic E-state index is 0.183. The maximum atomic E-state index is 12.2. The number of rotatable bonds is 4. The average Bonchev–Trinajstić information content (AvgIpc) is 3.15. The fourth-order valence-electron chi connectivity index (χ4n) is 4.73. The number of carbonyl (C=O) groups is 1. The van der Waals surface area contributed by atoms with Gasteiger partial charge < -0.3 is 20.3 Å². The average molecular weight is 473 g/mol. The second-order valence-corrected chi connectivity index (χ2v) is 10.8. The van der Waals surface area contributed by atoms with Crippen molar-refractivity contribution in [2.24, 2.45) is 0 Å². The van der Waals surface area contributed by atoms with Crippen LogP contribution in [0.25, 0.3) is 11.4 Å². The molecule has 3 aliphatic rings. The summed E-state index contributed by atoms with van der Waals surface area (Å²) in [6.07, 6.45) is 4.23. The first-order valence-corrected chi connectivity index (χ1v) is 13.0. The molecule has 33 heavy (non-hydrogen) atoms. The fraction of sp³-hybridized carbons (Fsp3) is 0.500. The third-order valence-corrected chi connectivity index (χ3v) is 7.69. The maximum absolute atomic E-state index is 12.2. The Morgan fingerprint density at radius 3 is 2.45 bits per heavy atom. The lowest BCUT2D eigenvalue weighted by molar-refractivity contribution is 0.0301. The molecule has 2 atom stereocenters. The molecule has 1 aromatic carbocycles. The molecule has 0 saturated carbocycles. The Kier molecular flexibility index (Phi) is 5.71. The lowest BCUT2D eigenvalue weighted by Gasteiger charge is -2.36. The molecule has 0 spiro atoms. The second kappa shape index (κ2) is 8.54. The standard InChI is InChI=1S/C22H28N6O4S/c1-23-22(29)24-15-5-3-14(4-6-15)20-25-19-9-10-28(33(2,30)31)13-18(19)21(26-20)27-11-16-7-8-17(12-27)32-16/h3-6,16-17H,7-13H2,1-2H3,(H2,23,24,29). The zero-order valence-corrected chi connectivity index (χ0v) is 19.6. The van der Waals surface area contributed by atoms with Crippen LogP contribution in [-0.2, 0) is 27.7 Å². The molecule has 10 nitrogen and oxygen atoms in total. The molecule has 2 aromatic rings. The summed E-state index contributed by atoms with van der Waals surface area (Å²) in [6, 6.07) is 7.10. The van der Waals surface area contributed by atoms with Gasteiger partial charge in [-0.15, -0.1) is 0 Å². The number of amides is 2. The summed E-state index contributed by atoms with van der Waals surface area (Å²) >= 11 is 0. The Bertz CT molecular complexity index is 1160. The van der Waals surface area contributed by atoms with Gasteiger partial charge in [0, 0.05) is 56.5 Å². The molecule has 2 bridgehead atoms. The molecule has 2 N–H and O–H groups in total. The van der Waals surface area contributed by atoms with Crippen LogP contribution < -0.4 is 15.5 Å². The van der Waals surface area contributed by atoms with Crippen molar-refractivity contribution in [3.63, 3.8) is 0 Å². The lowest BCUT2D eigenvalue weighted by Crippen LogP contribution is -2.45. The van der Waals surface area contributed by atoms with Crippen molar-refractivity contribution < 1.29 is 17.9 Å². The minimum atomic E-state index is -3.31. The molecule has 3 aliphatic heterocycles. The van der Waals surface area contributed by atoms with E-state index in [0.29, 0.717) is 24.5 Å². The number of morpholine rings is 1. The van der Waals surface area contributed by atoms with E-state index < -0.39 is 10.0 Å². The summed E-state index contributed by atoms with van der Waals surface area (Å²) in [5.41, 5.74) is 3.28. The zero-order valence-electron chi connectivity index (χ0n) is 18.7. The largest absolute Gasteiger partial charge is 0.371 e. The van der Waals surface area contributed by atoms with Crippen LogP contribution in [-0.4, -0.2) is 73.9 Å². The van der Waals surface area contributed by atoms with Gasteiger partial charge in [0.15, 0.2) is 5.82 Å². The van der Waals surface area contributed by atoms with Crippen LogP contribution in [0, 0.1) is 0 Å². The number of nitrogens with one attached hydrogen (secondary N) is 2. The predicted molar refractivity (Wildman–Crippen MR) is 125 cm³/mol. The molecule has 176 valence electrons. The molecule has 0 radical (unpaired) electrons. The number of fused-ring (bicyclic) bond motifs is 3. The second-order valence-electron chi connectivity index (χ2n) is 8.79. The summed E-state index contributed by atoms with van der Waals surface area (Å²) in [7, 11) is -1.75. The van der Waals surface area contributed by atoms with E-state index in [0.717, 1.165) is 48.6 Å². The number of aromatic nitrogens is 2. The van der Waals surface area contributed by atoms with Gasteiger partial charge in [-0.25, -0.2) is 23.2 Å². The summed E-state index contributed by atoms with van der Waals surface area (Å²) in [6.45, 7) is 2.18. The smallest absolute Gasteiger partial charge is 0.318 e. The van der Waals surface area contributed by atoms with Crippen LogP contribution in [0.3, 0.4) is 0 Å². The van der Waals surface area contributed by atoms with E-state index in [1.807, 2.05) is 24.3 Å². The fourth-order valence-corrected chi connectivity index (χ4v) is 5.52. The first-order valence-electron chi connectivity index (χ1n) is 11.1. The summed E-state index contributed by atoms with van der Waals surface area (Å²) < 4.78 is 32.0. The molecule has 2 unspecified atom stereocenters. The van der Waals surface area contributed by atoms with Gasteiger partial charge in [-0.05, 0) is 37.1 Å². The van der Waals surface area contributed by atoms with Crippen molar-refractivity contribution in [3.05, 3.63) is 35.5 Å². The lowest BCUT2D eigenvalue weighted by atomic mass is 10.1. The van der Waals surface area contributed by atoms with E-state index in [-0.39, 0.29) is 24.8 Å². The minimum Gasteiger partial charge on any atom is -0.371 e. The van der Waals surface area contributed by atoms with E-state index in [1.165, 1.54) is 10.6 Å². The van der Waals surface area contributed by atoms with Gasteiger partial charge in [0.05, 0.1) is 24.2 Å². The van der Waals surface area contributed by atoms with Gasteiger partial charge in [-0.3, -0.25) is 0 Å². The Morgan fingerprint density at radius 2 is 1.82 bits per heavy atom. The van der Waals surface area contributed by atoms with Crippen LogP contribution in [0.1, 0.15) is 24.1 Å². The van der Waals surface area contributed by atoms with Crippen LogP contribution in [0.15, 0.2) is 24.3 Å². The van der Waals surface area contributed by atoms with E-state index in [9.17, 15) is 13.2 Å². The van der Waals surface area contributed by atoms with Crippen molar-refractivity contribution in [3.8, 4) is 11.4 Å². The Morgan fingerprint density at radius 1 is 1.12 bits per heavy atom. The number of nitrogens with zero attached hydrogens (tertiary/aromatic N) is 4.